The van der Waals surface area contributed by atoms with E-state index >= 15 is 0 Å². The molecule has 0 aliphatic rings. The van der Waals surface area contributed by atoms with Gasteiger partial charge in [0.15, 0.2) is 11.5 Å². The lowest BCUT2D eigenvalue weighted by Crippen LogP contribution is -2.32. The molecule has 1 N–H and O–H groups in total. The van der Waals surface area contributed by atoms with Crippen LogP contribution in [0.1, 0.15) is 28.6 Å². The lowest BCUT2D eigenvalue weighted by atomic mass is 10.1. The number of rotatable bonds is 8. The summed E-state index contributed by atoms with van der Waals surface area (Å²) in [4.78, 5) is 14.5. The van der Waals surface area contributed by atoms with E-state index in [1.807, 2.05) is 61.1 Å². The number of hydrogen-bond acceptors (Lipinski definition) is 5. The first kappa shape index (κ1) is 21.9. The topological polar surface area (TPSA) is 65.4 Å². The average molecular weight is 450 g/mol. The standard InChI is InChI=1S/C25H27N3O3S/c1-16(10-11-17-8-6-5-7-9-17)26-24(29)22-15-19-23(27-28(2)25(19)32-22)18-12-13-20(30-3)21(14-18)31-4/h5-9,12-16H,10-11H2,1-4H3,(H,26,29)/t16-/m0/s1. The van der Waals surface area contributed by atoms with E-state index in [0.29, 0.717) is 16.4 Å². The van der Waals surface area contributed by atoms with Gasteiger partial charge in [-0.15, -0.1) is 11.3 Å². The first-order valence-corrected chi connectivity index (χ1v) is 11.4. The normalized spacial score (nSPS) is 12.0. The fraction of sp³-hybridized carbons (Fsp3) is 0.280. The van der Waals surface area contributed by atoms with Crippen LogP contribution in [0.5, 0.6) is 11.5 Å². The van der Waals surface area contributed by atoms with Gasteiger partial charge in [0, 0.05) is 24.0 Å². The van der Waals surface area contributed by atoms with E-state index < -0.39 is 0 Å². The maximum absolute atomic E-state index is 12.9. The Kier molecular flexibility index (Phi) is 6.46. The van der Waals surface area contributed by atoms with Crippen LogP contribution in [-0.2, 0) is 13.5 Å². The smallest absolute Gasteiger partial charge is 0.261 e. The number of fused-ring (bicyclic) bond motifs is 1. The molecular weight excluding hydrogens is 422 g/mol. The third-order valence-electron chi connectivity index (χ3n) is 5.48. The van der Waals surface area contributed by atoms with Gasteiger partial charge in [-0.2, -0.15) is 5.10 Å². The van der Waals surface area contributed by atoms with Crippen LogP contribution in [0.25, 0.3) is 21.5 Å². The number of hydrogen-bond donors (Lipinski definition) is 1. The van der Waals surface area contributed by atoms with Gasteiger partial charge >= 0.3 is 0 Å². The second-order valence-corrected chi connectivity index (χ2v) is 8.80. The number of aryl methyl sites for hydroxylation is 2. The van der Waals surface area contributed by atoms with Crippen LogP contribution in [0.2, 0.25) is 0 Å². The van der Waals surface area contributed by atoms with Gasteiger partial charge in [0.05, 0.1) is 19.1 Å². The van der Waals surface area contributed by atoms with Crippen molar-refractivity contribution in [1.29, 1.82) is 0 Å². The van der Waals surface area contributed by atoms with Crippen LogP contribution < -0.4 is 14.8 Å². The maximum atomic E-state index is 12.9. The number of carbonyl (C=O) groups excluding carboxylic acids is 1. The summed E-state index contributed by atoms with van der Waals surface area (Å²) < 4.78 is 12.6. The summed E-state index contributed by atoms with van der Waals surface area (Å²) in [5, 5.41) is 8.76. The number of nitrogens with zero attached hydrogens (tertiary/aromatic N) is 2. The minimum Gasteiger partial charge on any atom is -0.493 e. The maximum Gasteiger partial charge on any atom is 0.261 e. The number of carbonyl (C=O) groups is 1. The van der Waals surface area contributed by atoms with E-state index in [4.69, 9.17) is 9.47 Å². The first-order valence-electron chi connectivity index (χ1n) is 10.5. The molecule has 0 saturated carbocycles. The summed E-state index contributed by atoms with van der Waals surface area (Å²) in [5.74, 6) is 1.26. The van der Waals surface area contributed by atoms with E-state index in [2.05, 4.69) is 22.5 Å². The molecule has 2 heterocycles. The number of ether oxygens (including phenoxy) is 2. The van der Waals surface area contributed by atoms with Gasteiger partial charge < -0.3 is 14.8 Å². The molecule has 7 heteroatoms. The third-order valence-corrected chi connectivity index (χ3v) is 6.68. The number of nitrogens with one attached hydrogen (secondary N) is 1. The lowest BCUT2D eigenvalue weighted by Gasteiger charge is -2.13. The predicted octanol–water partition coefficient (Wildman–Crippen LogP) is 5.07. The zero-order valence-corrected chi connectivity index (χ0v) is 19.5. The molecular formula is C25H27N3O3S. The van der Waals surface area contributed by atoms with E-state index in [9.17, 15) is 4.79 Å². The molecule has 6 nitrogen and oxygen atoms in total. The Hall–Kier alpha value is -3.32. The van der Waals surface area contributed by atoms with E-state index in [-0.39, 0.29) is 11.9 Å². The molecule has 4 aromatic rings. The molecule has 0 spiro atoms. The molecule has 0 unspecified atom stereocenters. The Balaban J connectivity index is 1.53. The number of methoxy groups -OCH3 is 2. The van der Waals surface area contributed by atoms with Gasteiger partial charge in [-0.05, 0) is 49.6 Å². The van der Waals surface area contributed by atoms with E-state index in [0.717, 1.165) is 34.3 Å². The van der Waals surface area contributed by atoms with Crippen LogP contribution >= 0.6 is 11.3 Å². The highest BCUT2D eigenvalue weighted by Gasteiger charge is 2.20. The quantitative estimate of drug-likeness (QED) is 0.408. The van der Waals surface area contributed by atoms with Crippen LogP contribution in [0, 0.1) is 0 Å². The molecule has 0 fully saturated rings. The van der Waals surface area contributed by atoms with E-state index in [1.165, 1.54) is 16.9 Å². The zero-order valence-electron chi connectivity index (χ0n) is 18.7. The van der Waals surface area contributed by atoms with Gasteiger partial charge in [0.1, 0.15) is 10.5 Å². The van der Waals surface area contributed by atoms with Gasteiger partial charge in [-0.3, -0.25) is 9.48 Å². The Morgan fingerprint density at radius 2 is 1.84 bits per heavy atom. The summed E-state index contributed by atoms with van der Waals surface area (Å²) in [5.41, 5.74) is 3.01. The summed E-state index contributed by atoms with van der Waals surface area (Å²) in [6, 6.07) is 18.1. The summed E-state index contributed by atoms with van der Waals surface area (Å²) in [6.07, 6.45) is 1.82. The Labute approximate surface area is 191 Å². The van der Waals surface area contributed by atoms with Crippen molar-refractivity contribution in [3.8, 4) is 22.8 Å². The van der Waals surface area contributed by atoms with Crippen LogP contribution in [-0.4, -0.2) is 35.9 Å². The number of benzene rings is 2. The lowest BCUT2D eigenvalue weighted by molar-refractivity contribution is 0.0942. The van der Waals surface area contributed by atoms with Crippen molar-refractivity contribution in [2.75, 3.05) is 14.2 Å². The number of thiophene rings is 1. The summed E-state index contributed by atoms with van der Waals surface area (Å²) in [6.45, 7) is 2.05. The Morgan fingerprint density at radius 3 is 2.56 bits per heavy atom. The molecule has 1 atom stereocenters. The molecule has 0 saturated heterocycles. The van der Waals surface area contributed by atoms with Crippen molar-refractivity contribution in [2.24, 2.45) is 7.05 Å². The minimum absolute atomic E-state index is 0.0509. The van der Waals surface area contributed by atoms with Gasteiger partial charge in [-0.1, -0.05) is 30.3 Å². The molecule has 0 radical (unpaired) electrons. The SMILES string of the molecule is COc1ccc(-c2nn(C)c3sc(C(=O)N[C@@H](C)CCc4ccccc4)cc23)cc1OC. The van der Waals surface area contributed by atoms with Crippen molar-refractivity contribution >= 4 is 27.5 Å². The van der Waals surface area contributed by atoms with Crippen molar-refractivity contribution < 1.29 is 14.3 Å². The number of amides is 1. The molecule has 166 valence electrons. The summed E-state index contributed by atoms with van der Waals surface area (Å²) >= 11 is 1.45. The molecule has 0 aliphatic carbocycles. The van der Waals surface area contributed by atoms with Crippen molar-refractivity contribution in [2.45, 2.75) is 25.8 Å². The fourth-order valence-corrected chi connectivity index (χ4v) is 4.72. The van der Waals surface area contributed by atoms with Crippen molar-refractivity contribution in [3.63, 3.8) is 0 Å². The van der Waals surface area contributed by atoms with E-state index in [1.54, 1.807) is 14.2 Å². The van der Waals surface area contributed by atoms with Gasteiger partial charge in [0.2, 0.25) is 0 Å². The zero-order chi connectivity index (χ0) is 22.7. The second kappa shape index (κ2) is 9.44. The third kappa shape index (κ3) is 4.48. The second-order valence-electron chi connectivity index (χ2n) is 7.77. The van der Waals surface area contributed by atoms with Crippen LogP contribution in [0.15, 0.2) is 54.6 Å². The van der Waals surface area contributed by atoms with Gasteiger partial charge in [-0.25, -0.2) is 0 Å². The number of aromatic nitrogens is 2. The molecule has 32 heavy (non-hydrogen) atoms. The fourth-order valence-electron chi connectivity index (χ4n) is 3.74. The average Bonchev–Trinajstić information content (AvgIpc) is 3.38. The van der Waals surface area contributed by atoms with Crippen molar-refractivity contribution in [1.82, 2.24) is 15.1 Å². The first-order chi connectivity index (χ1) is 15.5. The Bertz CT molecular complexity index is 1230. The van der Waals surface area contributed by atoms with Crippen LogP contribution in [0.3, 0.4) is 0 Å². The van der Waals surface area contributed by atoms with Crippen LogP contribution in [0.4, 0.5) is 0 Å². The van der Waals surface area contributed by atoms with Gasteiger partial charge in [0.25, 0.3) is 5.91 Å². The molecule has 2 aromatic carbocycles. The summed E-state index contributed by atoms with van der Waals surface area (Å²) in [7, 11) is 5.12. The minimum atomic E-state index is -0.0509. The highest BCUT2D eigenvalue weighted by Crippen LogP contribution is 2.37. The molecule has 4 rings (SSSR count). The molecule has 2 aromatic heterocycles. The highest BCUT2D eigenvalue weighted by atomic mass is 32.1. The monoisotopic (exact) mass is 449 g/mol. The van der Waals surface area contributed by atoms with Crippen molar-refractivity contribution in [3.05, 3.63) is 65.0 Å². The molecule has 0 aliphatic heterocycles. The molecule has 0 bridgehead atoms. The highest BCUT2D eigenvalue weighted by molar-refractivity contribution is 7.20. The Morgan fingerprint density at radius 1 is 1.09 bits per heavy atom. The molecule has 1 amide bonds. The predicted molar refractivity (Wildman–Crippen MR) is 129 cm³/mol. The largest absolute Gasteiger partial charge is 0.493 e.